The molecule has 2 atom stereocenters. The first-order chi connectivity index (χ1) is 9.38. The third kappa shape index (κ3) is 2.83. The first-order valence-electron chi connectivity index (χ1n) is 7.56. The van der Waals surface area contributed by atoms with Crippen LogP contribution in [-0.4, -0.2) is 12.7 Å². The second-order valence-electron chi connectivity index (χ2n) is 5.85. The van der Waals surface area contributed by atoms with Crippen molar-refractivity contribution in [2.75, 3.05) is 6.61 Å². The van der Waals surface area contributed by atoms with E-state index in [9.17, 15) is 0 Å². The van der Waals surface area contributed by atoms with Crippen LogP contribution in [0.4, 0.5) is 0 Å². The van der Waals surface area contributed by atoms with Crippen LogP contribution in [0.5, 0.6) is 0 Å². The van der Waals surface area contributed by atoms with E-state index in [1.807, 2.05) is 0 Å². The van der Waals surface area contributed by atoms with E-state index in [2.05, 4.69) is 29.7 Å². The summed E-state index contributed by atoms with van der Waals surface area (Å²) in [4.78, 5) is 0. The Balaban J connectivity index is 1.77. The van der Waals surface area contributed by atoms with Gasteiger partial charge in [0, 0.05) is 6.61 Å². The Morgan fingerprint density at radius 3 is 2.68 bits per heavy atom. The van der Waals surface area contributed by atoms with Gasteiger partial charge in [-0.2, -0.15) is 0 Å². The lowest BCUT2D eigenvalue weighted by Crippen LogP contribution is -2.39. The molecule has 1 aliphatic heterocycles. The number of hydrazine groups is 1. The number of nitrogens with two attached hydrogens (primary N) is 1. The third-order valence-corrected chi connectivity index (χ3v) is 4.61. The maximum absolute atomic E-state index is 5.88. The van der Waals surface area contributed by atoms with Crippen molar-refractivity contribution in [1.29, 1.82) is 0 Å². The Morgan fingerprint density at radius 1 is 1.16 bits per heavy atom. The molecule has 2 fully saturated rings. The number of ether oxygens (including phenoxy) is 1. The molecule has 19 heavy (non-hydrogen) atoms. The molecule has 0 radical (unpaired) electrons. The fraction of sp³-hybridized carbons (Fsp3) is 0.625. The van der Waals surface area contributed by atoms with Crippen molar-refractivity contribution in [2.45, 2.75) is 56.6 Å². The summed E-state index contributed by atoms with van der Waals surface area (Å²) in [6.07, 6.45) is 7.78. The van der Waals surface area contributed by atoms with Gasteiger partial charge in [0.15, 0.2) is 0 Å². The first kappa shape index (κ1) is 13.1. The van der Waals surface area contributed by atoms with E-state index >= 15 is 0 Å². The van der Waals surface area contributed by atoms with Crippen molar-refractivity contribution in [1.82, 2.24) is 5.43 Å². The summed E-state index contributed by atoms with van der Waals surface area (Å²) in [5, 5.41) is 0. The van der Waals surface area contributed by atoms with Crippen LogP contribution in [0.3, 0.4) is 0 Å². The van der Waals surface area contributed by atoms with Crippen LogP contribution in [0.15, 0.2) is 24.3 Å². The van der Waals surface area contributed by atoms with Gasteiger partial charge >= 0.3 is 0 Å². The lowest BCUT2D eigenvalue weighted by molar-refractivity contribution is -0.00824. The Bertz CT molecular complexity index is 411. The van der Waals surface area contributed by atoms with Gasteiger partial charge in [-0.1, -0.05) is 30.7 Å². The van der Waals surface area contributed by atoms with E-state index in [0.29, 0.717) is 0 Å². The van der Waals surface area contributed by atoms with Gasteiger partial charge in [0.1, 0.15) is 0 Å². The predicted octanol–water partition coefficient (Wildman–Crippen LogP) is 3.03. The average molecular weight is 260 g/mol. The summed E-state index contributed by atoms with van der Waals surface area (Å²) < 4.78 is 5.88. The lowest BCUT2D eigenvalue weighted by Gasteiger charge is -2.31. The monoisotopic (exact) mass is 260 g/mol. The molecule has 1 heterocycles. The lowest BCUT2D eigenvalue weighted by atomic mass is 9.79. The molecule has 1 aromatic rings. The van der Waals surface area contributed by atoms with Gasteiger partial charge in [-0.15, -0.1) is 0 Å². The molecule has 1 saturated heterocycles. The highest BCUT2D eigenvalue weighted by molar-refractivity contribution is 5.30. The van der Waals surface area contributed by atoms with Gasteiger partial charge in [-0.3, -0.25) is 11.3 Å². The number of benzene rings is 1. The van der Waals surface area contributed by atoms with Crippen molar-refractivity contribution >= 4 is 0 Å². The van der Waals surface area contributed by atoms with Crippen molar-refractivity contribution in [3.63, 3.8) is 0 Å². The Morgan fingerprint density at radius 2 is 2.05 bits per heavy atom. The summed E-state index contributed by atoms with van der Waals surface area (Å²) in [5.41, 5.74) is 5.71. The van der Waals surface area contributed by atoms with Gasteiger partial charge in [-0.05, 0) is 49.1 Å². The van der Waals surface area contributed by atoms with Crippen molar-refractivity contribution in [3.8, 4) is 0 Å². The maximum Gasteiger partial charge on any atom is 0.0782 e. The molecule has 0 bridgehead atoms. The van der Waals surface area contributed by atoms with Crippen LogP contribution in [0.1, 0.15) is 61.6 Å². The fourth-order valence-electron chi connectivity index (χ4n) is 3.19. The molecular weight excluding hydrogens is 236 g/mol. The molecule has 1 aliphatic carbocycles. The van der Waals surface area contributed by atoms with E-state index in [1.54, 1.807) is 0 Å². The largest absolute Gasteiger partial charge is 0.376 e. The third-order valence-electron chi connectivity index (χ3n) is 4.61. The normalized spacial score (nSPS) is 25.8. The molecule has 2 aliphatic rings. The highest BCUT2D eigenvalue weighted by Gasteiger charge is 2.26. The average Bonchev–Trinajstić information content (AvgIpc) is 2.39. The molecule has 3 nitrogen and oxygen atoms in total. The minimum absolute atomic E-state index is 0.125. The zero-order valence-electron chi connectivity index (χ0n) is 11.5. The SMILES string of the molecule is NNC(c1cccc(C2CCC2)c1)C1CCCCO1. The van der Waals surface area contributed by atoms with Crippen molar-refractivity contribution in [2.24, 2.45) is 5.84 Å². The van der Waals surface area contributed by atoms with Crippen LogP contribution in [-0.2, 0) is 4.74 Å². The summed E-state index contributed by atoms with van der Waals surface area (Å²) in [6, 6.07) is 9.04. The Labute approximate surface area is 115 Å². The summed E-state index contributed by atoms with van der Waals surface area (Å²) in [5.74, 6) is 6.55. The topological polar surface area (TPSA) is 47.3 Å². The van der Waals surface area contributed by atoms with E-state index in [0.717, 1.165) is 18.9 Å². The van der Waals surface area contributed by atoms with Crippen LogP contribution in [0.25, 0.3) is 0 Å². The smallest absolute Gasteiger partial charge is 0.0782 e. The summed E-state index contributed by atoms with van der Waals surface area (Å²) >= 11 is 0. The van der Waals surface area contributed by atoms with E-state index in [4.69, 9.17) is 10.6 Å². The molecule has 2 unspecified atom stereocenters. The zero-order chi connectivity index (χ0) is 13.1. The van der Waals surface area contributed by atoms with Crippen LogP contribution < -0.4 is 11.3 Å². The zero-order valence-corrected chi connectivity index (χ0v) is 11.5. The molecule has 3 heteroatoms. The minimum atomic E-state index is 0.125. The molecular formula is C16H24N2O. The molecule has 0 aromatic heterocycles. The summed E-state index contributed by atoms with van der Waals surface area (Å²) in [6.45, 7) is 0.866. The van der Waals surface area contributed by atoms with Gasteiger partial charge in [0.25, 0.3) is 0 Å². The van der Waals surface area contributed by atoms with Gasteiger partial charge in [-0.25, -0.2) is 0 Å². The van der Waals surface area contributed by atoms with Gasteiger partial charge in [0.2, 0.25) is 0 Å². The second kappa shape index (κ2) is 6.04. The highest BCUT2D eigenvalue weighted by atomic mass is 16.5. The van der Waals surface area contributed by atoms with E-state index < -0.39 is 0 Å². The number of rotatable bonds is 4. The van der Waals surface area contributed by atoms with Crippen LogP contribution >= 0.6 is 0 Å². The standard InChI is InChI=1S/C16H24N2O/c17-18-16(15-9-1-2-10-19-15)14-8-4-7-13(11-14)12-5-3-6-12/h4,7-8,11-12,15-16,18H,1-3,5-6,9-10,17H2. The van der Waals surface area contributed by atoms with E-state index in [-0.39, 0.29) is 12.1 Å². The molecule has 3 rings (SSSR count). The quantitative estimate of drug-likeness (QED) is 0.646. The minimum Gasteiger partial charge on any atom is -0.376 e. The van der Waals surface area contributed by atoms with Crippen molar-refractivity contribution < 1.29 is 4.74 Å². The van der Waals surface area contributed by atoms with Gasteiger partial charge in [0.05, 0.1) is 12.1 Å². The molecule has 0 amide bonds. The number of hydrogen-bond acceptors (Lipinski definition) is 3. The number of hydrogen-bond donors (Lipinski definition) is 2. The second-order valence-corrected chi connectivity index (χ2v) is 5.85. The molecule has 1 aromatic carbocycles. The summed E-state index contributed by atoms with van der Waals surface area (Å²) in [7, 11) is 0. The van der Waals surface area contributed by atoms with Crippen LogP contribution in [0, 0.1) is 0 Å². The molecule has 104 valence electrons. The van der Waals surface area contributed by atoms with Gasteiger partial charge < -0.3 is 4.74 Å². The first-order valence-corrected chi connectivity index (χ1v) is 7.56. The fourth-order valence-corrected chi connectivity index (χ4v) is 3.19. The van der Waals surface area contributed by atoms with Crippen molar-refractivity contribution in [3.05, 3.63) is 35.4 Å². The molecule has 1 saturated carbocycles. The maximum atomic E-state index is 5.88. The van der Waals surface area contributed by atoms with Crippen LogP contribution in [0.2, 0.25) is 0 Å². The van der Waals surface area contributed by atoms with E-state index in [1.165, 1.54) is 43.2 Å². The highest BCUT2D eigenvalue weighted by Crippen LogP contribution is 2.37. The number of nitrogens with one attached hydrogen (secondary N) is 1. The molecule has 0 spiro atoms. The molecule has 3 N–H and O–H groups in total. The Kier molecular flexibility index (Phi) is 4.16. The predicted molar refractivity (Wildman–Crippen MR) is 76.7 cm³/mol. The Hall–Kier alpha value is -0.900.